The first-order valence-corrected chi connectivity index (χ1v) is 7.89. The van der Waals surface area contributed by atoms with Gasteiger partial charge in [-0.3, -0.25) is 4.90 Å². The molecule has 1 fully saturated rings. The molecule has 1 N–H and O–H groups in total. The van der Waals surface area contributed by atoms with Crippen LogP contribution in [0.15, 0.2) is 12.3 Å². The number of halogens is 1. The molecule has 0 spiro atoms. The number of rotatable bonds is 4. The molecule has 6 nitrogen and oxygen atoms in total. The lowest BCUT2D eigenvalue weighted by molar-refractivity contribution is 0.0512. The summed E-state index contributed by atoms with van der Waals surface area (Å²) < 4.78 is 5.26. The summed E-state index contributed by atoms with van der Waals surface area (Å²) in [5.41, 5.74) is 0.418. The van der Waals surface area contributed by atoms with Crippen molar-refractivity contribution in [3.63, 3.8) is 0 Å². The van der Waals surface area contributed by atoms with Gasteiger partial charge in [-0.1, -0.05) is 0 Å². The maximum absolute atomic E-state index is 11.7. The largest absolute Gasteiger partial charge is 0.444 e. The molecule has 0 aromatic carbocycles. The van der Waals surface area contributed by atoms with Crippen LogP contribution in [0, 0.1) is 0 Å². The van der Waals surface area contributed by atoms with Crippen molar-refractivity contribution in [2.75, 3.05) is 13.1 Å². The first kappa shape index (κ1) is 17.0. The van der Waals surface area contributed by atoms with Gasteiger partial charge in [-0.25, -0.2) is 14.8 Å². The van der Waals surface area contributed by atoms with Crippen LogP contribution in [-0.4, -0.2) is 45.7 Å². The number of ether oxygens (including phenoxy) is 1. The zero-order chi connectivity index (χ0) is 16.2. The van der Waals surface area contributed by atoms with Crippen molar-refractivity contribution in [2.24, 2.45) is 0 Å². The van der Waals surface area contributed by atoms with Crippen molar-refractivity contribution < 1.29 is 9.53 Å². The standard InChI is InChI=1S/C15H23ClN4O2/c1-15(2,3)22-14(21)18-9-12-5-4-8-20(12)10-11-6-7-17-13(16)19-11/h6-7,12H,4-5,8-10H2,1-3H3,(H,18,21)/t12-/m0/s1. The second-order valence-corrected chi connectivity index (χ2v) is 6.80. The van der Waals surface area contributed by atoms with Gasteiger partial charge in [-0.2, -0.15) is 0 Å². The lowest BCUT2D eigenvalue weighted by Crippen LogP contribution is -2.41. The van der Waals surface area contributed by atoms with Crippen molar-refractivity contribution in [1.29, 1.82) is 0 Å². The van der Waals surface area contributed by atoms with Crippen LogP contribution in [-0.2, 0) is 11.3 Å². The number of amides is 1. The van der Waals surface area contributed by atoms with Crippen molar-refractivity contribution in [3.8, 4) is 0 Å². The fourth-order valence-corrected chi connectivity index (χ4v) is 2.68. The Balaban J connectivity index is 1.84. The fraction of sp³-hybridized carbons (Fsp3) is 0.667. The van der Waals surface area contributed by atoms with Crippen LogP contribution in [0.1, 0.15) is 39.3 Å². The van der Waals surface area contributed by atoms with Crippen LogP contribution in [0.2, 0.25) is 5.28 Å². The van der Waals surface area contributed by atoms with E-state index < -0.39 is 5.60 Å². The smallest absolute Gasteiger partial charge is 0.407 e. The molecular weight excluding hydrogens is 304 g/mol. The third kappa shape index (κ3) is 5.42. The lowest BCUT2D eigenvalue weighted by atomic mass is 10.2. The Labute approximate surface area is 136 Å². The zero-order valence-electron chi connectivity index (χ0n) is 13.3. The van der Waals surface area contributed by atoms with Gasteiger partial charge in [-0.15, -0.1) is 0 Å². The Kier molecular flexibility index (Phi) is 5.58. The molecule has 0 saturated carbocycles. The minimum Gasteiger partial charge on any atom is -0.444 e. The molecule has 0 aliphatic carbocycles. The van der Waals surface area contributed by atoms with Gasteiger partial charge in [0, 0.05) is 25.3 Å². The molecule has 1 aliphatic rings. The summed E-state index contributed by atoms with van der Waals surface area (Å²) in [7, 11) is 0. The molecule has 1 aliphatic heterocycles. The van der Waals surface area contributed by atoms with Gasteiger partial charge < -0.3 is 10.1 Å². The Hall–Kier alpha value is -1.40. The van der Waals surface area contributed by atoms with Crippen molar-refractivity contribution >= 4 is 17.7 Å². The van der Waals surface area contributed by atoms with E-state index in [4.69, 9.17) is 16.3 Å². The molecule has 0 unspecified atom stereocenters. The molecule has 1 aromatic rings. The quantitative estimate of drug-likeness (QED) is 0.861. The molecule has 1 amide bonds. The van der Waals surface area contributed by atoms with E-state index in [1.54, 1.807) is 6.20 Å². The molecule has 22 heavy (non-hydrogen) atoms. The van der Waals surface area contributed by atoms with Crippen LogP contribution < -0.4 is 5.32 Å². The molecular formula is C15H23ClN4O2. The number of aromatic nitrogens is 2. The number of carbonyl (C=O) groups excluding carboxylic acids is 1. The maximum Gasteiger partial charge on any atom is 0.407 e. The van der Waals surface area contributed by atoms with E-state index in [0.29, 0.717) is 19.1 Å². The summed E-state index contributed by atoms with van der Waals surface area (Å²) in [6.07, 6.45) is 3.45. The third-order valence-corrected chi connectivity index (χ3v) is 3.61. The second kappa shape index (κ2) is 7.24. The van der Waals surface area contributed by atoms with Crippen LogP contribution in [0.25, 0.3) is 0 Å². The lowest BCUT2D eigenvalue weighted by Gasteiger charge is -2.25. The van der Waals surface area contributed by atoms with Crippen LogP contribution in [0.5, 0.6) is 0 Å². The second-order valence-electron chi connectivity index (χ2n) is 6.47. The number of alkyl carbamates (subject to hydrolysis) is 1. The highest BCUT2D eigenvalue weighted by atomic mass is 35.5. The number of hydrogen-bond acceptors (Lipinski definition) is 5. The average Bonchev–Trinajstić information content (AvgIpc) is 2.82. The van der Waals surface area contributed by atoms with Gasteiger partial charge in [-0.05, 0) is 57.8 Å². The normalized spacial score (nSPS) is 19.2. The minimum atomic E-state index is -0.475. The van der Waals surface area contributed by atoms with Gasteiger partial charge in [0.05, 0.1) is 5.69 Å². The SMILES string of the molecule is CC(C)(C)OC(=O)NC[C@@H]1CCCN1Cc1ccnc(Cl)n1. The summed E-state index contributed by atoms with van der Waals surface area (Å²) in [6, 6.07) is 2.16. The Morgan fingerprint density at radius 1 is 1.55 bits per heavy atom. The predicted molar refractivity (Wildman–Crippen MR) is 84.7 cm³/mol. The van der Waals surface area contributed by atoms with Gasteiger partial charge in [0.15, 0.2) is 0 Å². The summed E-state index contributed by atoms with van der Waals surface area (Å²) in [6.45, 7) is 7.84. The summed E-state index contributed by atoms with van der Waals surface area (Å²) >= 11 is 5.82. The molecule has 0 bridgehead atoms. The summed E-state index contributed by atoms with van der Waals surface area (Å²) in [5.74, 6) is 0. The Bertz CT molecular complexity index is 519. The number of nitrogens with one attached hydrogen (secondary N) is 1. The summed E-state index contributed by atoms with van der Waals surface area (Å²) in [5, 5.41) is 3.11. The molecule has 1 saturated heterocycles. The van der Waals surface area contributed by atoms with Crippen LogP contribution in [0.3, 0.4) is 0 Å². The molecule has 0 radical (unpaired) electrons. The van der Waals surface area contributed by atoms with Gasteiger partial charge in [0.25, 0.3) is 0 Å². The highest BCUT2D eigenvalue weighted by molar-refractivity contribution is 6.28. The Morgan fingerprint density at radius 3 is 3.00 bits per heavy atom. The monoisotopic (exact) mass is 326 g/mol. The maximum atomic E-state index is 11.7. The molecule has 1 atom stereocenters. The predicted octanol–water partition coefficient (Wildman–Crippen LogP) is 2.62. The summed E-state index contributed by atoms with van der Waals surface area (Å²) in [4.78, 5) is 22.1. The van der Waals surface area contributed by atoms with Gasteiger partial charge in [0.1, 0.15) is 5.60 Å². The number of nitrogens with zero attached hydrogens (tertiary/aromatic N) is 3. The minimum absolute atomic E-state index is 0.264. The van der Waals surface area contributed by atoms with E-state index in [0.717, 1.165) is 25.1 Å². The van der Waals surface area contributed by atoms with Gasteiger partial charge >= 0.3 is 6.09 Å². The van der Waals surface area contributed by atoms with E-state index in [-0.39, 0.29) is 11.4 Å². The van der Waals surface area contributed by atoms with Crippen molar-refractivity contribution in [3.05, 3.63) is 23.2 Å². The van der Waals surface area contributed by atoms with Crippen molar-refractivity contribution in [2.45, 2.75) is 51.8 Å². The van der Waals surface area contributed by atoms with Crippen LogP contribution >= 0.6 is 11.6 Å². The first-order valence-electron chi connectivity index (χ1n) is 7.52. The molecule has 2 rings (SSSR count). The number of hydrogen-bond donors (Lipinski definition) is 1. The Morgan fingerprint density at radius 2 is 2.32 bits per heavy atom. The zero-order valence-corrected chi connectivity index (χ0v) is 14.1. The van der Waals surface area contributed by atoms with Crippen LogP contribution in [0.4, 0.5) is 4.79 Å². The van der Waals surface area contributed by atoms with E-state index in [9.17, 15) is 4.79 Å². The molecule has 1 aromatic heterocycles. The highest BCUT2D eigenvalue weighted by Crippen LogP contribution is 2.19. The molecule has 122 valence electrons. The fourth-order valence-electron chi connectivity index (χ4n) is 2.52. The number of likely N-dealkylation sites (tertiary alicyclic amines) is 1. The van der Waals surface area contributed by atoms with E-state index in [1.807, 2.05) is 26.8 Å². The van der Waals surface area contributed by atoms with Crippen molar-refractivity contribution in [1.82, 2.24) is 20.2 Å². The third-order valence-electron chi connectivity index (χ3n) is 3.43. The highest BCUT2D eigenvalue weighted by Gasteiger charge is 2.26. The number of carbonyl (C=O) groups is 1. The molecule has 7 heteroatoms. The van der Waals surface area contributed by atoms with E-state index in [1.165, 1.54) is 0 Å². The first-order chi connectivity index (χ1) is 10.3. The van der Waals surface area contributed by atoms with E-state index >= 15 is 0 Å². The average molecular weight is 327 g/mol. The van der Waals surface area contributed by atoms with Gasteiger partial charge in [0.2, 0.25) is 5.28 Å². The van der Waals surface area contributed by atoms with E-state index in [2.05, 4.69) is 20.2 Å². The molecule has 2 heterocycles. The topological polar surface area (TPSA) is 67.3 Å².